The van der Waals surface area contributed by atoms with E-state index < -0.39 is 0 Å². The summed E-state index contributed by atoms with van der Waals surface area (Å²) < 4.78 is 0. The monoisotopic (exact) mass is 329 g/mol. The van der Waals surface area contributed by atoms with Crippen molar-refractivity contribution in [3.63, 3.8) is 0 Å². The van der Waals surface area contributed by atoms with Crippen LogP contribution in [0.25, 0.3) is 10.7 Å². The van der Waals surface area contributed by atoms with Crippen LogP contribution in [-0.4, -0.2) is 26.7 Å². The van der Waals surface area contributed by atoms with E-state index in [4.69, 9.17) is 0 Å². The van der Waals surface area contributed by atoms with Gasteiger partial charge >= 0.3 is 0 Å². The van der Waals surface area contributed by atoms with E-state index in [9.17, 15) is 4.79 Å². The lowest BCUT2D eigenvalue weighted by atomic mass is 10.1. The van der Waals surface area contributed by atoms with Gasteiger partial charge in [0.2, 0.25) is 5.16 Å². The summed E-state index contributed by atoms with van der Waals surface area (Å²) in [6, 6.07) is 13.4. The predicted octanol–water partition coefficient (Wildman–Crippen LogP) is 4.29. The standard InChI is InChI=1S/C16H15N3OS2/c20-13(12-6-2-1-3-7-12)8-4-11-22-16-17-15(18-19-16)14-9-5-10-21-14/h1-3,5-7,9-10H,4,8,11H2,(H,17,18,19). The second-order valence-electron chi connectivity index (χ2n) is 4.69. The number of hydrogen-bond donors (Lipinski definition) is 1. The molecule has 2 heterocycles. The van der Waals surface area contributed by atoms with Gasteiger partial charge in [0.05, 0.1) is 4.88 Å². The van der Waals surface area contributed by atoms with Crippen molar-refractivity contribution in [2.24, 2.45) is 0 Å². The van der Waals surface area contributed by atoms with Crippen LogP contribution in [0.3, 0.4) is 0 Å². The zero-order chi connectivity index (χ0) is 15.2. The molecule has 6 heteroatoms. The molecule has 112 valence electrons. The minimum Gasteiger partial charge on any atom is -0.294 e. The van der Waals surface area contributed by atoms with Crippen LogP contribution in [0.2, 0.25) is 0 Å². The van der Waals surface area contributed by atoms with Gasteiger partial charge in [0.1, 0.15) is 0 Å². The molecule has 0 aliphatic heterocycles. The quantitative estimate of drug-likeness (QED) is 0.399. The summed E-state index contributed by atoms with van der Waals surface area (Å²) in [7, 11) is 0. The summed E-state index contributed by atoms with van der Waals surface area (Å²) in [5.41, 5.74) is 0.783. The molecular formula is C16H15N3OS2. The first kappa shape index (κ1) is 15.0. The molecule has 0 saturated heterocycles. The third-order valence-electron chi connectivity index (χ3n) is 3.09. The average molecular weight is 329 g/mol. The maximum Gasteiger partial charge on any atom is 0.208 e. The van der Waals surface area contributed by atoms with Crippen molar-refractivity contribution in [3.8, 4) is 10.7 Å². The Balaban J connectivity index is 1.45. The third kappa shape index (κ3) is 3.84. The number of Topliss-reactive ketones (excluding diaryl/α,β-unsaturated/α-hetero) is 1. The molecule has 0 fully saturated rings. The number of ketones is 1. The van der Waals surface area contributed by atoms with Crippen LogP contribution < -0.4 is 0 Å². The molecule has 0 saturated carbocycles. The Bertz CT molecular complexity index is 723. The predicted molar refractivity (Wildman–Crippen MR) is 90.4 cm³/mol. The molecule has 0 unspecified atom stereocenters. The third-order valence-corrected chi connectivity index (χ3v) is 4.90. The Morgan fingerprint density at radius 1 is 1.18 bits per heavy atom. The van der Waals surface area contributed by atoms with Crippen LogP contribution in [0.5, 0.6) is 0 Å². The SMILES string of the molecule is O=C(CCCSc1n[nH]c(-c2cccs2)n1)c1ccccc1. The van der Waals surface area contributed by atoms with Crippen LogP contribution in [0.15, 0.2) is 53.0 Å². The molecule has 0 amide bonds. The van der Waals surface area contributed by atoms with E-state index in [1.807, 2.05) is 47.8 Å². The molecule has 0 aliphatic rings. The van der Waals surface area contributed by atoms with Crippen molar-refractivity contribution >= 4 is 28.9 Å². The first-order valence-electron chi connectivity index (χ1n) is 7.00. The number of nitrogens with one attached hydrogen (secondary N) is 1. The zero-order valence-electron chi connectivity index (χ0n) is 11.9. The molecule has 3 aromatic rings. The smallest absolute Gasteiger partial charge is 0.208 e. The largest absolute Gasteiger partial charge is 0.294 e. The lowest BCUT2D eigenvalue weighted by Crippen LogP contribution is -1.99. The molecule has 2 aromatic heterocycles. The molecule has 1 N–H and O–H groups in total. The van der Waals surface area contributed by atoms with Crippen molar-refractivity contribution in [1.82, 2.24) is 15.2 Å². The van der Waals surface area contributed by atoms with Crippen molar-refractivity contribution < 1.29 is 4.79 Å². The zero-order valence-corrected chi connectivity index (χ0v) is 13.5. The van der Waals surface area contributed by atoms with Gasteiger partial charge in [0, 0.05) is 17.7 Å². The Labute approximate surface area is 137 Å². The molecule has 22 heavy (non-hydrogen) atoms. The Morgan fingerprint density at radius 2 is 2.05 bits per heavy atom. The Hall–Kier alpha value is -1.92. The molecule has 0 bridgehead atoms. The highest BCUT2D eigenvalue weighted by Crippen LogP contribution is 2.23. The van der Waals surface area contributed by atoms with Crippen LogP contribution in [0, 0.1) is 0 Å². The van der Waals surface area contributed by atoms with Gasteiger partial charge in [-0.1, -0.05) is 48.2 Å². The van der Waals surface area contributed by atoms with Gasteiger partial charge in [0.15, 0.2) is 11.6 Å². The van der Waals surface area contributed by atoms with Gasteiger partial charge in [-0.3, -0.25) is 9.89 Å². The number of carbonyl (C=O) groups excluding carboxylic acids is 1. The molecular weight excluding hydrogens is 314 g/mol. The van der Waals surface area contributed by atoms with Gasteiger partial charge in [-0.2, -0.15) is 0 Å². The van der Waals surface area contributed by atoms with Crippen molar-refractivity contribution in [3.05, 3.63) is 53.4 Å². The molecule has 0 radical (unpaired) electrons. The van der Waals surface area contributed by atoms with Crippen molar-refractivity contribution in [2.45, 2.75) is 18.0 Å². The fourth-order valence-electron chi connectivity index (χ4n) is 2.00. The number of nitrogens with zero attached hydrogens (tertiary/aromatic N) is 2. The minimum atomic E-state index is 0.190. The highest BCUT2D eigenvalue weighted by Gasteiger charge is 2.08. The maximum absolute atomic E-state index is 12.0. The van der Waals surface area contributed by atoms with E-state index in [1.165, 1.54) is 0 Å². The van der Waals surface area contributed by atoms with Crippen LogP contribution in [0.4, 0.5) is 0 Å². The first-order valence-corrected chi connectivity index (χ1v) is 8.87. The number of thiophene rings is 1. The highest BCUT2D eigenvalue weighted by atomic mass is 32.2. The summed E-state index contributed by atoms with van der Waals surface area (Å²) >= 11 is 3.21. The average Bonchev–Trinajstić information content (AvgIpc) is 3.23. The summed E-state index contributed by atoms with van der Waals surface area (Å²) in [6.45, 7) is 0. The Kier molecular flexibility index (Phi) is 5.03. The van der Waals surface area contributed by atoms with Gasteiger partial charge < -0.3 is 0 Å². The van der Waals surface area contributed by atoms with E-state index >= 15 is 0 Å². The maximum atomic E-state index is 12.0. The van der Waals surface area contributed by atoms with E-state index in [-0.39, 0.29) is 5.78 Å². The summed E-state index contributed by atoms with van der Waals surface area (Å²) in [4.78, 5) is 17.5. The molecule has 4 nitrogen and oxygen atoms in total. The normalized spacial score (nSPS) is 10.7. The van der Waals surface area contributed by atoms with Crippen LogP contribution in [-0.2, 0) is 0 Å². The summed E-state index contributed by atoms with van der Waals surface area (Å²) in [5, 5.41) is 9.89. The van der Waals surface area contributed by atoms with Gasteiger partial charge in [-0.05, 0) is 17.9 Å². The fourth-order valence-corrected chi connectivity index (χ4v) is 3.40. The van der Waals surface area contributed by atoms with Crippen molar-refractivity contribution in [1.29, 1.82) is 0 Å². The van der Waals surface area contributed by atoms with Crippen molar-refractivity contribution in [2.75, 3.05) is 5.75 Å². The number of aromatic amines is 1. The van der Waals surface area contributed by atoms with E-state index in [2.05, 4.69) is 15.2 Å². The fraction of sp³-hybridized carbons (Fsp3) is 0.188. The number of thioether (sulfide) groups is 1. The van der Waals surface area contributed by atoms with Gasteiger partial charge in [0.25, 0.3) is 0 Å². The molecule has 1 aromatic carbocycles. The van der Waals surface area contributed by atoms with Crippen LogP contribution in [0.1, 0.15) is 23.2 Å². The van der Waals surface area contributed by atoms with Crippen LogP contribution >= 0.6 is 23.1 Å². The lowest BCUT2D eigenvalue weighted by molar-refractivity contribution is 0.0982. The molecule has 0 spiro atoms. The van der Waals surface area contributed by atoms with Gasteiger partial charge in [-0.15, -0.1) is 16.4 Å². The first-order chi connectivity index (χ1) is 10.8. The number of carbonyl (C=O) groups is 1. The van der Waals surface area contributed by atoms with E-state index in [0.29, 0.717) is 6.42 Å². The summed E-state index contributed by atoms with van der Waals surface area (Å²) in [5.74, 6) is 1.83. The summed E-state index contributed by atoms with van der Waals surface area (Å²) in [6.07, 6.45) is 1.38. The minimum absolute atomic E-state index is 0.190. The number of H-pyrrole nitrogens is 1. The Morgan fingerprint density at radius 3 is 2.82 bits per heavy atom. The molecule has 0 aliphatic carbocycles. The second kappa shape index (κ2) is 7.38. The molecule has 0 atom stereocenters. The van der Waals surface area contributed by atoms with Gasteiger partial charge in [-0.25, -0.2) is 4.98 Å². The highest BCUT2D eigenvalue weighted by molar-refractivity contribution is 7.99. The number of aromatic nitrogens is 3. The topological polar surface area (TPSA) is 58.6 Å². The molecule has 3 rings (SSSR count). The number of benzene rings is 1. The van der Waals surface area contributed by atoms with E-state index in [0.717, 1.165) is 33.6 Å². The number of rotatable bonds is 7. The lowest BCUT2D eigenvalue weighted by Gasteiger charge is -1.99. The number of hydrogen-bond acceptors (Lipinski definition) is 5. The second-order valence-corrected chi connectivity index (χ2v) is 6.69. The van der Waals surface area contributed by atoms with E-state index in [1.54, 1.807) is 23.1 Å².